The van der Waals surface area contributed by atoms with Crippen LogP contribution in [-0.4, -0.2) is 83.8 Å². The Balaban J connectivity index is 2.53. The van der Waals surface area contributed by atoms with E-state index in [9.17, 15) is 33.9 Å². The molecular weight excluding hydrogens is 570 g/mol. The predicted octanol–water partition coefficient (Wildman–Crippen LogP) is -1.48. The molecule has 0 bridgehead atoms. The number of hydrogen-bond donors (Lipinski definition) is 8. The number of ketones is 1. The lowest BCUT2D eigenvalue weighted by Gasteiger charge is -2.27. The summed E-state index contributed by atoms with van der Waals surface area (Å²) in [6, 6.07) is 4.47. The summed E-state index contributed by atoms with van der Waals surface area (Å²) in [7, 11) is 0. The first-order valence-corrected chi connectivity index (χ1v) is 14.9. The van der Waals surface area contributed by atoms with Gasteiger partial charge in [0.2, 0.25) is 29.5 Å². The zero-order valence-corrected chi connectivity index (χ0v) is 25.8. The second kappa shape index (κ2) is 20.1. The van der Waals surface area contributed by atoms with Gasteiger partial charge in [0.1, 0.15) is 23.9 Å². The average Bonchev–Trinajstić information content (AvgIpc) is 2.98. The number of amides is 5. The van der Waals surface area contributed by atoms with Crippen LogP contribution in [-0.2, 0) is 35.2 Å². The van der Waals surface area contributed by atoms with Crippen LogP contribution < -0.4 is 38.5 Å². The van der Waals surface area contributed by atoms with Gasteiger partial charge in [-0.2, -0.15) is 0 Å². The van der Waals surface area contributed by atoms with Gasteiger partial charge in [0.25, 0.3) is 0 Å². The molecule has 0 aliphatic carbocycles. The van der Waals surface area contributed by atoms with Crippen molar-refractivity contribution in [2.45, 2.75) is 95.9 Å². The lowest BCUT2D eigenvalue weighted by atomic mass is 9.96. The summed E-state index contributed by atoms with van der Waals surface area (Å²) in [6.45, 7) is 4.75. The van der Waals surface area contributed by atoms with E-state index in [-0.39, 0.29) is 36.9 Å². The number of nitrogens with two attached hydrogens (primary N) is 3. The summed E-state index contributed by atoms with van der Waals surface area (Å²) >= 11 is 0. The van der Waals surface area contributed by atoms with Crippen LogP contribution in [0.3, 0.4) is 0 Å². The van der Waals surface area contributed by atoms with Gasteiger partial charge in [0.15, 0.2) is 0 Å². The largest absolute Gasteiger partial charge is 0.394 e. The summed E-state index contributed by atoms with van der Waals surface area (Å²) in [5.74, 6) is -3.35. The fourth-order valence-corrected chi connectivity index (χ4v) is 4.38. The van der Waals surface area contributed by atoms with Gasteiger partial charge in [0, 0.05) is 19.4 Å². The molecule has 0 heterocycles. The summed E-state index contributed by atoms with van der Waals surface area (Å²) < 4.78 is 0. The Labute approximate surface area is 258 Å². The van der Waals surface area contributed by atoms with Crippen LogP contribution >= 0.6 is 0 Å². The van der Waals surface area contributed by atoms with Crippen molar-refractivity contribution in [1.29, 1.82) is 0 Å². The fraction of sp³-hybridized carbons (Fsp3) is 0.600. The van der Waals surface area contributed by atoms with E-state index in [0.717, 1.165) is 5.56 Å². The number of carbonyl (C=O) groups excluding carboxylic acids is 6. The third-order valence-electron chi connectivity index (χ3n) is 7.42. The fourth-order valence-electron chi connectivity index (χ4n) is 4.38. The Morgan fingerprint density at radius 2 is 1.50 bits per heavy atom. The van der Waals surface area contributed by atoms with Crippen molar-refractivity contribution >= 4 is 35.3 Å². The van der Waals surface area contributed by atoms with E-state index in [1.807, 2.05) is 44.2 Å². The SMILES string of the molecule is CC[C@H](C)[C@H](NC(=O)C(N)CCCCNC(=O)CCC(N[C@@H](CO)C(N)=O)C(C)=O)C(=O)N[C@@H](Cc1ccccc1)C(N)=O. The van der Waals surface area contributed by atoms with E-state index in [1.165, 1.54) is 6.92 Å². The quantitative estimate of drug-likeness (QED) is 0.0704. The highest BCUT2D eigenvalue weighted by molar-refractivity contribution is 5.93. The Hall–Kier alpha value is -3.88. The van der Waals surface area contributed by atoms with Crippen molar-refractivity contribution in [3.8, 4) is 0 Å². The van der Waals surface area contributed by atoms with Crippen LogP contribution in [0, 0.1) is 5.92 Å². The third-order valence-corrected chi connectivity index (χ3v) is 7.42. The zero-order valence-electron chi connectivity index (χ0n) is 25.8. The first-order valence-electron chi connectivity index (χ1n) is 14.9. The molecule has 5 amide bonds. The molecule has 0 saturated heterocycles. The van der Waals surface area contributed by atoms with Gasteiger partial charge in [-0.05, 0) is 44.1 Å². The minimum absolute atomic E-state index is 0.0110. The Kier molecular flexibility index (Phi) is 17.5. The van der Waals surface area contributed by atoms with E-state index in [4.69, 9.17) is 17.2 Å². The lowest BCUT2D eigenvalue weighted by Crippen LogP contribution is -2.57. The molecular formula is C30H49N7O7. The first-order chi connectivity index (χ1) is 20.8. The van der Waals surface area contributed by atoms with Gasteiger partial charge < -0.3 is 38.3 Å². The molecule has 14 nitrogen and oxygen atoms in total. The van der Waals surface area contributed by atoms with Crippen molar-refractivity contribution in [1.82, 2.24) is 21.3 Å². The maximum absolute atomic E-state index is 13.1. The normalized spacial score (nSPS) is 15.1. The number of aliphatic hydroxyl groups is 1. The molecule has 1 aromatic rings. The van der Waals surface area contributed by atoms with Crippen molar-refractivity contribution in [2.24, 2.45) is 23.1 Å². The maximum Gasteiger partial charge on any atom is 0.243 e. The average molecular weight is 620 g/mol. The molecule has 11 N–H and O–H groups in total. The van der Waals surface area contributed by atoms with E-state index >= 15 is 0 Å². The molecule has 44 heavy (non-hydrogen) atoms. The van der Waals surface area contributed by atoms with Gasteiger partial charge in [0.05, 0.1) is 18.7 Å². The molecule has 0 radical (unpaired) electrons. The van der Waals surface area contributed by atoms with Crippen molar-refractivity contribution < 1.29 is 33.9 Å². The van der Waals surface area contributed by atoms with Crippen LogP contribution in [0.25, 0.3) is 0 Å². The van der Waals surface area contributed by atoms with Gasteiger partial charge in [-0.1, -0.05) is 50.6 Å². The number of hydrogen-bond acceptors (Lipinski definition) is 9. The van der Waals surface area contributed by atoms with Gasteiger partial charge >= 0.3 is 0 Å². The number of rotatable bonds is 22. The van der Waals surface area contributed by atoms with E-state index in [2.05, 4.69) is 21.3 Å². The number of aliphatic hydroxyl groups excluding tert-OH is 1. The monoisotopic (exact) mass is 619 g/mol. The molecule has 1 aromatic carbocycles. The number of carbonyl (C=O) groups is 6. The Bertz CT molecular complexity index is 1100. The highest BCUT2D eigenvalue weighted by Gasteiger charge is 2.30. The minimum Gasteiger partial charge on any atom is -0.394 e. The molecule has 0 aliphatic heterocycles. The highest BCUT2D eigenvalue weighted by Crippen LogP contribution is 2.11. The van der Waals surface area contributed by atoms with Crippen LogP contribution in [0.1, 0.15) is 64.9 Å². The van der Waals surface area contributed by atoms with E-state index in [1.54, 1.807) is 0 Å². The number of Topliss-reactive ketones (excluding diaryl/α,β-unsaturated/α-hetero) is 1. The van der Waals surface area contributed by atoms with E-state index in [0.29, 0.717) is 32.2 Å². The Morgan fingerprint density at radius 3 is 2.05 bits per heavy atom. The second-order valence-corrected chi connectivity index (χ2v) is 11.0. The smallest absolute Gasteiger partial charge is 0.243 e. The molecule has 0 aromatic heterocycles. The van der Waals surface area contributed by atoms with Crippen LogP contribution in [0.2, 0.25) is 0 Å². The van der Waals surface area contributed by atoms with Crippen molar-refractivity contribution in [2.75, 3.05) is 13.2 Å². The molecule has 246 valence electrons. The predicted molar refractivity (Wildman–Crippen MR) is 164 cm³/mol. The van der Waals surface area contributed by atoms with Crippen molar-refractivity contribution in [3.63, 3.8) is 0 Å². The molecule has 0 aliphatic rings. The summed E-state index contributed by atoms with van der Waals surface area (Å²) in [5, 5.41) is 20.0. The molecule has 14 heteroatoms. The lowest BCUT2D eigenvalue weighted by molar-refractivity contribution is -0.133. The summed E-state index contributed by atoms with van der Waals surface area (Å²) in [5.41, 5.74) is 17.6. The van der Waals surface area contributed by atoms with Crippen LogP contribution in [0.5, 0.6) is 0 Å². The molecule has 1 rings (SSSR count). The minimum atomic E-state index is -1.09. The third kappa shape index (κ3) is 14.1. The van der Waals surface area contributed by atoms with Gasteiger partial charge in [-0.3, -0.25) is 34.1 Å². The van der Waals surface area contributed by atoms with Gasteiger partial charge in [-0.25, -0.2) is 0 Å². The topological polar surface area (TPSA) is 249 Å². The molecule has 0 spiro atoms. The molecule has 2 unspecified atom stereocenters. The number of unbranched alkanes of at least 4 members (excludes halogenated alkanes) is 1. The zero-order chi connectivity index (χ0) is 33.2. The standard InChI is InChI=1S/C30H49N7O7/c1-4-18(2)26(30(44)36-23(27(32)41)16-20-10-6-5-7-11-20)37-29(43)21(31)12-8-9-15-34-25(40)14-13-22(19(3)39)35-24(17-38)28(33)42/h5-7,10-11,18,21-24,26,35,38H,4,8-9,12-17,31H2,1-3H3,(H2,32,41)(H2,33,42)(H,34,40)(H,36,44)(H,37,43)/t18-,21?,22?,23-,24-,26-/m0/s1. The molecule has 6 atom stereocenters. The summed E-state index contributed by atoms with van der Waals surface area (Å²) in [6.07, 6.45) is 2.29. The number of primary amides is 2. The Morgan fingerprint density at radius 1 is 0.864 bits per heavy atom. The molecule has 0 fully saturated rings. The van der Waals surface area contributed by atoms with Crippen molar-refractivity contribution in [3.05, 3.63) is 35.9 Å². The van der Waals surface area contributed by atoms with E-state index < -0.39 is 60.4 Å². The first kappa shape index (κ1) is 38.1. The van der Waals surface area contributed by atoms with Gasteiger partial charge in [-0.15, -0.1) is 0 Å². The molecule has 0 saturated carbocycles. The maximum atomic E-state index is 13.1. The van der Waals surface area contributed by atoms with Crippen LogP contribution in [0.4, 0.5) is 0 Å². The number of nitrogens with one attached hydrogen (secondary N) is 4. The number of benzene rings is 1. The van der Waals surface area contributed by atoms with Crippen LogP contribution in [0.15, 0.2) is 30.3 Å². The second-order valence-electron chi connectivity index (χ2n) is 11.0. The highest BCUT2D eigenvalue weighted by atomic mass is 16.3. The summed E-state index contributed by atoms with van der Waals surface area (Å²) in [4.78, 5) is 73.4.